The fraction of sp³-hybridized carbons (Fsp3) is 0.667. The molecule has 0 rings (SSSR count). The van der Waals surface area contributed by atoms with E-state index in [4.69, 9.17) is 4.74 Å². The molecule has 0 aliphatic rings. The lowest BCUT2D eigenvalue weighted by Crippen LogP contribution is -2.25. The molecule has 0 aromatic heterocycles. The van der Waals surface area contributed by atoms with Crippen LogP contribution < -0.4 is 5.32 Å². The fourth-order valence-corrected chi connectivity index (χ4v) is 0.691. The largest absolute Gasteiger partial charge is 0.377 e. The Hall–Kier alpha value is -0.830. The van der Waals surface area contributed by atoms with Crippen LogP contribution in [0.1, 0.15) is 20.3 Å². The zero-order chi connectivity index (χ0) is 9.40. The van der Waals surface area contributed by atoms with Crippen molar-refractivity contribution in [3.63, 3.8) is 0 Å². The van der Waals surface area contributed by atoms with E-state index in [1.807, 2.05) is 13.8 Å². The highest BCUT2D eigenvalue weighted by molar-refractivity contribution is 5.92. The number of hydrogen-bond acceptors (Lipinski definition) is 2. The van der Waals surface area contributed by atoms with Gasteiger partial charge in [-0.1, -0.05) is 13.5 Å². The van der Waals surface area contributed by atoms with Crippen molar-refractivity contribution in [2.45, 2.75) is 20.3 Å². The summed E-state index contributed by atoms with van der Waals surface area (Å²) in [5.41, 5.74) is 0.491. The van der Waals surface area contributed by atoms with Crippen molar-refractivity contribution in [2.75, 3.05) is 19.8 Å². The van der Waals surface area contributed by atoms with Crippen molar-refractivity contribution in [2.24, 2.45) is 0 Å². The lowest BCUT2D eigenvalue weighted by Gasteiger charge is -2.05. The first kappa shape index (κ1) is 11.2. The Morgan fingerprint density at radius 2 is 2.17 bits per heavy atom. The van der Waals surface area contributed by atoms with Crippen LogP contribution in [0, 0.1) is 0 Å². The van der Waals surface area contributed by atoms with Gasteiger partial charge in [0.2, 0.25) is 5.91 Å². The van der Waals surface area contributed by atoms with Gasteiger partial charge >= 0.3 is 0 Å². The second-order valence-electron chi connectivity index (χ2n) is 2.52. The molecule has 0 spiro atoms. The second kappa shape index (κ2) is 6.85. The third kappa shape index (κ3) is 4.91. The summed E-state index contributed by atoms with van der Waals surface area (Å²) in [4.78, 5) is 11.0. The lowest BCUT2D eigenvalue weighted by molar-refractivity contribution is -0.118. The summed E-state index contributed by atoms with van der Waals surface area (Å²) in [7, 11) is 0. The molecule has 0 atom stereocenters. The topological polar surface area (TPSA) is 38.3 Å². The molecule has 0 fully saturated rings. The lowest BCUT2D eigenvalue weighted by atomic mass is 10.3. The number of carbonyl (C=O) groups excluding carboxylic acids is 1. The zero-order valence-corrected chi connectivity index (χ0v) is 7.85. The molecule has 0 aliphatic carbocycles. The summed E-state index contributed by atoms with van der Waals surface area (Å²) in [5, 5.41) is 2.65. The molecule has 0 aliphatic heterocycles. The Bertz CT molecular complexity index is 155. The molecule has 0 saturated heterocycles. The molecule has 12 heavy (non-hydrogen) atoms. The monoisotopic (exact) mass is 171 g/mol. The minimum absolute atomic E-state index is 0.117. The Morgan fingerprint density at radius 3 is 2.67 bits per heavy atom. The molecule has 70 valence electrons. The number of amides is 1. The maximum atomic E-state index is 11.0. The van der Waals surface area contributed by atoms with E-state index >= 15 is 0 Å². The van der Waals surface area contributed by atoms with E-state index in [9.17, 15) is 4.79 Å². The van der Waals surface area contributed by atoms with Crippen LogP contribution in [-0.2, 0) is 9.53 Å². The van der Waals surface area contributed by atoms with E-state index in [0.29, 0.717) is 25.3 Å². The SMILES string of the molecule is C=C(COCCC)C(=O)NCC. The van der Waals surface area contributed by atoms with E-state index < -0.39 is 0 Å². The van der Waals surface area contributed by atoms with Crippen LogP contribution in [-0.4, -0.2) is 25.7 Å². The number of rotatable bonds is 6. The molecular formula is C9H17NO2. The summed E-state index contributed by atoms with van der Waals surface area (Å²) in [6.07, 6.45) is 0.961. The van der Waals surface area contributed by atoms with Crippen molar-refractivity contribution in [3.05, 3.63) is 12.2 Å². The Morgan fingerprint density at radius 1 is 1.50 bits per heavy atom. The molecule has 0 saturated carbocycles. The highest BCUT2D eigenvalue weighted by atomic mass is 16.5. The van der Waals surface area contributed by atoms with Gasteiger partial charge in [0.1, 0.15) is 0 Å². The van der Waals surface area contributed by atoms with Gasteiger partial charge in [0.15, 0.2) is 0 Å². The Labute approximate surface area is 73.8 Å². The highest BCUT2D eigenvalue weighted by Crippen LogP contribution is 1.92. The maximum Gasteiger partial charge on any atom is 0.248 e. The van der Waals surface area contributed by atoms with E-state index in [1.165, 1.54) is 0 Å². The minimum atomic E-state index is -0.117. The smallest absolute Gasteiger partial charge is 0.248 e. The highest BCUT2D eigenvalue weighted by Gasteiger charge is 2.03. The molecule has 0 radical (unpaired) electrons. The molecule has 0 heterocycles. The number of ether oxygens (including phenoxy) is 1. The van der Waals surface area contributed by atoms with Crippen molar-refractivity contribution < 1.29 is 9.53 Å². The van der Waals surface area contributed by atoms with Crippen LogP contribution >= 0.6 is 0 Å². The van der Waals surface area contributed by atoms with Crippen LogP contribution in [0.3, 0.4) is 0 Å². The van der Waals surface area contributed by atoms with E-state index in [1.54, 1.807) is 0 Å². The predicted molar refractivity (Wildman–Crippen MR) is 48.9 cm³/mol. The number of carbonyl (C=O) groups is 1. The van der Waals surface area contributed by atoms with Gasteiger partial charge in [0.25, 0.3) is 0 Å². The van der Waals surface area contributed by atoms with Gasteiger partial charge in [-0.15, -0.1) is 0 Å². The summed E-state index contributed by atoms with van der Waals surface area (Å²) in [6.45, 7) is 9.15. The van der Waals surface area contributed by atoms with Crippen molar-refractivity contribution in [1.82, 2.24) is 5.32 Å². The van der Waals surface area contributed by atoms with E-state index in [-0.39, 0.29) is 5.91 Å². The quantitative estimate of drug-likeness (QED) is 0.480. The first-order chi connectivity index (χ1) is 5.72. The van der Waals surface area contributed by atoms with Gasteiger partial charge in [-0.05, 0) is 13.3 Å². The first-order valence-corrected chi connectivity index (χ1v) is 4.26. The van der Waals surface area contributed by atoms with Crippen LogP contribution in [0.5, 0.6) is 0 Å². The zero-order valence-electron chi connectivity index (χ0n) is 7.85. The van der Waals surface area contributed by atoms with Crippen LogP contribution in [0.4, 0.5) is 0 Å². The van der Waals surface area contributed by atoms with E-state index in [2.05, 4.69) is 11.9 Å². The summed E-state index contributed by atoms with van der Waals surface area (Å²) in [6, 6.07) is 0. The molecule has 3 nitrogen and oxygen atoms in total. The number of hydrogen-bond donors (Lipinski definition) is 1. The third-order valence-electron chi connectivity index (χ3n) is 1.28. The summed E-state index contributed by atoms with van der Waals surface area (Å²) in [5.74, 6) is -0.117. The minimum Gasteiger partial charge on any atom is -0.377 e. The maximum absolute atomic E-state index is 11.0. The first-order valence-electron chi connectivity index (χ1n) is 4.26. The molecule has 3 heteroatoms. The van der Waals surface area contributed by atoms with Crippen LogP contribution in [0.2, 0.25) is 0 Å². The van der Waals surface area contributed by atoms with Gasteiger partial charge in [0, 0.05) is 18.7 Å². The standard InChI is InChI=1S/C9H17NO2/c1-4-6-12-7-8(3)9(11)10-5-2/h3-7H2,1-2H3,(H,10,11). The number of likely N-dealkylation sites (N-methyl/N-ethyl adjacent to an activating group) is 1. The van der Waals surface area contributed by atoms with Gasteiger partial charge in [-0.25, -0.2) is 0 Å². The van der Waals surface area contributed by atoms with Crippen LogP contribution in [0.15, 0.2) is 12.2 Å². The summed E-state index contributed by atoms with van der Waals surface area (Å²) >= 11 is 0. The van der Waals surface area contributed by atoms with Crippen LogP contribution in [0.25, 0.3) is 0 Å². The summed E-state index contributed by atoms with van der Waals surface area (Å²) < 4.78 is 5.15. The number of nitrogens with one attached hydrogen (secondary N) is 1. The van der Waals surface area contributed by atoms with Gasteiger partial charge < -0.3 is 10.1 Å². The third-order valence-corrected chi connectivity index (χ3v) is 1.28. The molecule has 0 aromatic carbocycles. The molecule has 0 aromatic rings. The molecule has 1 N–H and O–H groups in total. The molecule has 0 unspecified atom stereocenters. The van der Waals surface area contributed by atoms with Gasteiger partial charge in [0.05, 0.1) is 6.61 Å². The van der Waals surface area contributed by atoms with Gasteiger partial charge in [-0.2, -0.15) is 0 Å². The predicted octanol–water partition coefficient (Wildman–Crippen LogP) is 1.11. The second-order valence-corrected chi connectivity index (χ2v) is 2.52. The van der Waals surface area contributed by atoms with Crippen molar-refractivity contribution in [1.29, 1.82) is 0 Å². The molecular weight excluding hydrogens is 154 g/mol. The molecule has 0 bridgehead atoms. The van der Waals surface area contributed by atoms with Crippen molar-refractivity contribution in [3.8, 4) is 0 Å². The average Bonchev–Trinajstić information content (AvgIpc) is 2.05. The Kier molecular flexibility index (Phi) is 6.38. The van der Waals surface area contributed by atoms with E-state index in [0.717, 1.165) is 6.42 Å². The Balaban J connectivity index is 3.50. The molecule has 1 amide bonds. The average molecular weight is 171 g/mol. The van der Waals surface area contributed by atoms with Crippen molar-refractivity contribution >= 4 is 5.91 Å². The normalized spacial score (nSPS) is 9.50. The van der Waals surface area contributed by atoms with Gasteiger partial charge in [-0.3, -0.25) is 4.79 Å². The fourth-order valence-electron chi connectivity index (χ4n) is 0.691.